The molecule has 0 fully saturated rings. The predicted octanol–water partition coefficient (Wildman–Crippen LogP) is 3.89. The highest BCUT2D eigenvalue weighted by atomic mass is 19.1. The van der Waals surface area contributed by atoms with Gasteiger partial charge in [-0.05, 0) is 31.9 Å². The lowest BCUT2D eigenvalue weighted by molar-refractivity contribution is 0.466. The van der Waals surface area contributed by atoms with Crippen LogP contribution in [0.4, 0.5) is 4.39 Å². The van der Waals surface area contributed by atoms with Crippen molar-refractivity contribution in [3.8, 4) is 11.3 Å². The van der Waals surface area contributed by atoms with Crippen LogP contribution < -0.4 is 0 Å². The van der Waals surface area contributed by atoms with Gasteiger partial charge in [-0.2, -0.15) is 0 Å². The number of benzene rings is 1. The summed E-state index contributed by atoms with van der Waals surface area (Å²) in [7, 11) is 0. The second-order valence-electron chi connectivity index (χ2n) is 5.11. The molecule has 94 valence electrons. The Labute approximate surface area is 106 Å². The second-order valence-corrected chi connectivity index (χ2v) is 5.11. The van der Waals surface area contributed by atoms with E-state index in [0.717, 1.165) is 29.3 Å². The first kappa shape index (κ1) is 11.5. The van der Waals surface area contributed by atoms with Gasteiger partial charge in [-0.25, -0.2) is 9.37 Å². The van der Waals surface area contributed by atoms with Gasteiger partial charge in [0.2, 0.25) is 0 Å². The molecule has 1 atom stereocenters. The molecule has 18 heavy (non-hydrogen) atoms. The Morgan fingerprint density at radius 2 is 2.22 bits per heavy atom. The van der Waals surface area contributed by atoms with Crippen LogP contribution in [-0.2, 0) is 6.54 Å². The molecular weight excluding hydrogens is 227 g/mol. The molecular formula is C15H17FN2. The molecule has 0 radical (unpaired) electrons. The summed E-state index contributed by atoms with van der Waals surface area (Å²) in [6, 6.07) is 6.79. The average Bonchev–Trinajstić information content (AvgIpc) is 2.67. The third-order valence-electron chi connectivity index (χ3n) is 3.73. The number of aromatic nitrogens is 2. The zero-order chi connectivity index (χ0) is 12.7. The molecule has 3 heteroatoms. The van der Waals surface area contributed by atoms with Crippen molar-refractivity contribution in [2.75, 3.05) is 0 Å². The van der Waals surface area contributed by atoms with Crippen LogP contribution in [-0.4, -0.2) is 9.55 Å². The van der Waals surface area contributed by atoms with Crippen molar-refractivity contribution in [3.63, 3.8) is 0 Å². The summed E-state index contributed by atoms with van der Waals surface area (Å²) < 4.78 is 15.6. The number of imidazole rings is 1. The fourth-order valence-corrected chi connectivity index (χ4v) is 2.88. The molecule has 0 amide bonds. The molecule has 2 nitrogen and oxygen atoms in total. The van der Waals surface area contributed by atoms with E-state index in [-0.39, 0.29) is 5.82 Å². The van der Waals surface area contributed by atoms with Crippen molar-refractivity contribution in [3.05, 3.63) is 41.6 Å². The van der Waals surface area contributed by atoms with Gasteiger partial charge in [0.25, 0.3) is 0 Å². The van der Waals surface area contributed by atoms with Gasteiger partial charge in [-0.3, -0.25) is 0 Å². The first-order valence-corrected chi connectivity index (χ1v) is 6.50. The molecule has 2 aromatic rings. The van der Waals surface area contributed by atoms with Crippen LogP contribution in [0, 0.1) is 12.7 Å². The topological polar surface area (TPSA) is 17.8 Å². The van der Waals surface area contributed by atoms with Crippen molar-refractivity contribution in [1.82, 2.24) is 9.55 Å². The van der Waals surface area contributed by atoms with Gasteiger partial charge in [-0.15, -0.1) is 0 Å². The molecule has 1 aliphatic heterocycles. The maximum atomic E-state index is 13.4. The standard InChI is InChI=1S/C15H17FN2/c1-10-5-4-8-18-14(11(2)17-15(10)18)12-6-3-7-13(16)9-12/h3,6-7,9-10H,4-5,8H2,1-2H3. The van der Waals surface area contributed by atoms with Gasteiger partial charge in [0, 0.05) is 18.0 Å². The third-order valence-corrected chi connectivity index (χ3v) is 3.73. The Kier molecular flexibility index (Phi) is 2.69. The average molecular weight is 244 g/mol. The normalized spacial score (nSPS) is 18.7. The van der Waals surface area contributed by atoms with Gasteiger partial charge in [-0.1, -0.05) is 19.1 Å². The van der Waals surface area contributed by atoms with E-state index in [1.165, 1.54) is 18.9 Å². The van der Waals surface area contributed by atoms with E-state index < -0.39 is 0 Å². The fraction of sp³-hybridized carbons (Fsp3) is 0.400. The van der Waals surface area contributed by atoms with Crippen LogP contribution in [0.2, 0.25) is 0 Å². The minimum Gasteiger partial charge on any atom is -0.328 e. The maximum Gasteiger partial charge on any atom is 0.123 e. The van der Waals surface area contributed by atoms with Gasteiger partial charge < -0.3 is 4.57 Å². The summed E-state index contributed by atoms with van der Waals surface area (Å²) in [5.74, 6) is 1.46. The summed E-state index contributed by atoms with van der Waals surface area (Å²) >= 11 is 0. The van der Waals surface area contributed by atoms with E-state index >= 15 is 0 Å². The Morgan fingerprint density at radius 3 is 3.00 bits per heavy atom. The molecule has 0 N–H and O–H groups in total. The highest BCUT2D eigenvalue weighted by Crippen LogP contribution is 2.33. The molecule has 0 saturated heterocycles. The van der Waals surface area contributed by atoms with Crippen molar-refractivity contribution in [2.45, 2.75) is 39.2 Å². The van der Waals surface area contributed by atoms with Crippen LogP contribution in [0.15, 0.2) is 24.3 Å². The summed E-state index contributed by atoms with van der Waals surface area (Å²) in [6.07, 6.45) is 2.37. The first-order valence-electron chi connectivity index (χ1n) is 6.50. The lowest BCUT2D eigenvalue weighted by Gasteiger charge is -2.21. The van der Waals surface area contributed by atoms with Crippen molar-refractivity contribution in [1.29, 1.82) is 0 Å². The van der Waals surface area contributed by atoms with E-state index in [2.05, 4.69) is 16.5 Å². The Bertz CT molecular complexity index is 586. The van der Waals surface area contributed by atoms with Crippen LogP contribution in [0.5, 0.6) is 0 Å². The van der Waals surface area contributed by atoms with Gasteiger partial charge in [0.1, 0.15) is 11.6 Å². The van der Waals surface area contributed by atoms with E-state index in [0.29, 0.717) is 5.92 Å². The van der Waals surface area contributed by atoms with Gasteiger partial charge >= 0.3 is 0 Å². The van der Waals surface area contributed by atoms with E-state index in [9.17, 15) is 4.39 Å². The minimum absolute atomic E-state index is 0.189. The molecule has 0 spiro atoms. The highest BCUT2D eigenvalue weighted by molar-refractivity contribution is 5.63. The Hall–Kier alpha value is -1.64. The predicted molar refractivity (Wildman–Crippen MR) is 70.0 cm³/mol. The van der Waals surface area contributed by atoms with Crippen LogP contribution in [0.1, 0.15) is 37.2 Å². The van der Waals surface area contributed by atoms with Crippen molar-refractivity contribution in [2.24, 2.45) is 0 Å². The smallest absolute Gasteiger partial charge is 0.123 e. The number of halogens is 1. The first-order chi connectivity index (χ1) is 8.66. The monoisotopic (exact) mass is 244 g/mol. The Balaban J connectivity index is 2.18. The Morgan fingerprint density at radius 1 is 1.39 bits per heavy atom. The number of hydrogen-bond donors (Lipinski definition) is 0. The zero-order valence-electron chi connectivity index (χ0n) is 10.8. The summed E-state index contributed by atoms with van der Waals surface area (Å²) in [5.41, 5.74) is 3.01. The largest absolute Gasteiger partial charge is 0.328 e. The zero-order valence-corrected chi connectivity index (χ0v) is 10.8. The highest BCUT2D eigenvalue weighted by Gasteiger charge is 2.23. The molecule has 3 rings (SSSR count). The third kappa shape index (κ3) is 1.74. The summed E-state index contributed by atoms with van der Waals surface area (Å²) in [4.78, 5) is 4.68. The summed E-state index contributed by atoms with van der Waals surface area (Å²) in [5, 5.41) is 0. The molecule has 0 aliphatic carbocycles. The van der Waals surface area contributed by atoms with E-state index in [4.69, 9.17) is 0 Å². The lowest BCUT2D eigenvalue weighted by Crippen LogP contribution is -2.14. The number of aryl methyl sites for hydroxylation is 1. The van der Waals surface area contributed by atoms with E-state index in [1.54, 1.807) is 12.1 Å². The fourth-order valence-electron chi connectivity index (χ4n) is 2.88. The lowest BCUT2D eigenvalue weighted by atomic mass is 10.0. The summed E-state index contributed by atoms with van der Waals surface area (Å²) in [6.45, 7) is 5.22. The molecule has 1 aliphatic rings. The number of hydrogen-bond acceptors (Lipinski definition) is 1. The van der Waals surface area contributed by atoms with E-state index in [1.807, 2.05) is 13.0 Å². The molecule has 1 unspecified atom stereocenters. The van der Waals surface area contributed by atoms with Crippen LogP contribution >= 0.6 is 0 Å². The molecule has 1 aromatic heterocycles. The molecule has 0 bridgehead atoms. The van der Waals surface area contributed by atoms with Crippen LogP contribution in [0.25, 0.3) is 11.3 Å². The van der Waals surface area contributed by atoms with Crippen molar-refractivity contribution >= 4 is 0 Å². The number of nitrogens with zero attached hydrogens (tertiary/aromatic N) is 2. The van der Waals surface area contributed by atoms with Crippen molar-refractivity contribution < 1.29 is 4.39 Å². The second kappa shape index (κ2) is 4.23. The maximum absolute atomic E-state index is 13.4. The minimum atomic E-state index is -0.189. The quantitative estimate of drug-likeness (QED) is 0.744. The SMILES string of the molecule is Cc1nc2n(c1-c1cccc(F)c1)CCCC2C. The number of fused-ring (bicyclic) bond motifs is 1. The molecule has 2 heterocycles. The number of rotatable bonds is 1. The molecule has 1 aromatic carbocycles. The van der Waals surface area contributed by atoms with Gasteiger partial charge in [0.15, 0.2) is 0 Å². The molecule has 0 saturated carbocycles. The van der Waals surface area contributed by atoms with Crippen LogP contribution in [0.3, 0.4) is 0 Å². The van der Waals surface area contributed by atoms with Gasteiger partial charge in [0.05, 0.1) is 11.4 Å².